The summed E-state index contributed by atoms with van der Waals surface area (Å²) >= 11 is 0. The van der Waals surface area contributed by atoms with E-state index in [1.54, 1.807) is 0 Å². The quantitative estimate of drug-likeness (QED) is 0.291. The molecule has 0 aliphatic carbocycles. The highest BCUT2D eigenvalue weighted by atomic mass is 32.2. The SMILES string of the molecule is O=C(NO)[C@H]1[C@@H](O)[C@H](O)[C@H](O)CN1S(=O)(=O)c1ccc(OCc2ccccc2)cc1. The van der Waals surface area contributed by atoms with Crippen LogP contribution in [0.1, 0.15) is 5.56 Å². The Balaban J connectivity index is 1.81. The Morgan fingerprint density at radius 3 is 2.27 bits per heavy atom. The minimum atomic E-state index is -4.36. The Kier molecular flexibility index (Phi) is 6.71. The Morgan fingerprint density at radius 2 is 1.67 bits per heavy atom. The predicted molar refractivity (Wildman–Crippen MR) is 103 cm³/mol. The van der Waals surface area contributed by atoms with Crippen LogP contribution in [0.5, 0.6) is 5.75 Å². The van der Waals surface area contributed by atoms with Gasteiger partial charge in [-0.25, -0.2) is 13.9 Å². The Hall–Kier alpha value is -2.54. The molecular weight excluding hydrogens is 416 g/mol. The standard InChI is InChI=1S/C19H22N2O8S/c22-15-10-21(16(19(25)20-26)18(24)17(15)23)30(27,28)14-8-6-13(7-9-14)29-11-12-4-2-1-3-5-12/h1-9,15-18,22-24,26H,10-11H2,(H,20,25)/t15-,16-,17-,18-/m1/s1. The van der Waals surface area contributed by atoms with E-state index in [0.29, 0.717) is 10.1 Å². The molecule has 0 aromatic heterocycles. The second-order valence-electron chi connectivity index (χ2n) is 6.79. The monoisotopic (exact) mass is 438 g/mol. The normalized spacial score (nSPS) is 24.9. The van der Waals surface area contributed by atoms with Crippen molar-refractivity contribution in [2.24, 2.45) is 0 Å². The van der Waals surface area contributed by atoms with Gasteiger partial charge in [0.05, 0.1) is 11.0 Å². The summed E-state index contributed by atoms with van der Waals surface area (Å²) in [6, 6.07) is 12.9. The van der Waals surface area contributed by atoms with Crippen LogP contribution in [0.4, 0.5) is 0 Å². The number of hydrogen-bond acceptors (Lipinski definition) is 8. The van der Waals surface area contributed by atoms with Gasteiger partial charge in [-0.2, -0.15) is 4.31 Å². The molecule has 5 N–H and O–H groups in total. The second kappa shape index (κ2) is 9.08. The third-order valence-corrected chi connectivity index (χ3v) is 6.66. The molecule has 0 unspecified atom stereocenters. The van der Waals surface area contributed by atoms with Gasteiger partial charge in [0.15, 0.2) is 0 Å². The summed E-state index contributed by atoms with van der Waals surface area (Å²) in [4.78, 5) is 11.7. The van der Waals surface area contributed by atoms with Gasteiger partial charge in [0.2, 0.25) is 10.0 Å². The number of nitrogens with zero attached hydrogens (tertiary/aromatic N) is 1. The topological polar surface area (TPSA) is 157 Å². The van der Waals surface area contributed by atoms with E-state index in [-0.39, 0.29) is 11.5 Å². The molecule has 11 heteroatoms. The number of aliphatic hydroxyl groups excluding tert-OH is 3. The van der Waals surface area contributed by atoms with Gasteiger partial charge in [0.25, 0.3) is 5.91 Å². The van der Waals surface area contributed by atoms with E-state index < -0.39 is 46.8 Å². The fourth-order valence-corrected chi connectivity index (χ4v) is 4.79. The van der Waals surface area contributed by atoms with Gasteiger partial charge >= 0.3 is 0 Å². The van der Waals surface area contributed by atoms with Gasteiger partial charge in [0.1, 0.15) is 30.6 Å². The van der Waals surface area contributed by atoms with Crippen LogP contribution in [0.2, 0.25) is 0 Å². The summed E-state index contributed by atoms with van der Waals surface area (Å²) in [5.41, 5.74) is 2.21. The van der Waals surface area contributed by atoms with E-state index in [4.69, 9.17) is 9.94 Å². The minimum absolute atomic E-state index is 0.221. The van der Waals surface area contributed by atoms with Crippen molar-refractivity contribution in [1.29, 1.82) is 0 Å². The van der Waals surface area contributed by atoms with E-state index in [1.165, 1.54) is 29.7 Å². The van der Waals surface area contributed by atoms with Gasteiger partial charge < -0.3 is 20.1 Å². The number of aliphatic hydroxyl groups is 3. The second-order valence-corrected chi connectivity index (χ2v) is 8.68. The fourth-order valence-electron chi connectivity index (χ4n) is 3.17. The summed E-state index contributed by atoms with van der Waals surface area (Å²) in [6.07, 6.45) is -5.32. The van der Waals surface area contributed by atoms with Gasteiger partial charge in [0, 0.05) is 6.54 Å². The van der Waals surface area contributed by atoms with Crippen LogP contribution in [0.15, 0.2) is 59.5 Å². The zero-order valence-corrected chi connectivity index (χ0v) is 16.5. The number of piperidine rings is 1. The van der Waals surface area contributed by atoms with Crippen LogP contribution in [0, 0.1) is 0 Å². The fraction of sp³-hybridized carbons (Fsp3) is 0.316. The van der Waals surface area contributed by atoms with E-state index >= 15 is 0 Å². The first-order valence-electron chi connectivity index (χ1n) is 9.02. The number of hydroxylamine groups is 1. The molecule has 2 aromatic carbocycles. The predicted octanol–water partition coefficient (Wildman–Crippen LogP) is -0.773. The first kappa shape index (κ1) is 22.2. The molecular formula is C19H22N2O8S. The van der Waals surface area contributed by atoms with Crippen molar-refractivity contribution >= 4 is 15.9 Å². The molecule has 2 aromatic rings. The average Bonchev–Trinajstić information content (AvgIpc) is 2.76. The maximum Gasteiger partial charge on any atom is 0.264 e. The van der Waals surface area contributed by atoms with Crippen LogP contribution in [0.25, 0.3) is 0 Å². The molecule has 0 saturated carbocycles. The van der Waals surface area contributed by atoms with Crippen LogP contribution < -0.4 is 10.2 Å². The summed E-state index contributed by atoms with van der Waals surface area (Å²) in [7, 11) is -4.36. The summed E-state index contributed by atoms with van der Waals surface area (Å²) in [5, 5.41) is 38.7. The molecule has 1 aliphatic heterocycles. The molecule has 0 radical (unpaired) electrons. The molecule has 4 atom stereocenters. The number of carbonyl (C=O) groups is 1. The molecule has 1 amide bonds. The molecule has 1 fully saturated rings. The van der Waals surface area contributed by atoms with E-state index in [0.717, 1.165) is 5.56 Å². The molecule has 3 rings (SSSR count). The molecule has 30 heavy (non-hydrogen) atoms. The highest BCUT2D eigenvalue weighted by molar-refractivity contribution is 7.89. The maximum atomic E-state index is 13.0. The van der Waals surface area contributed by atoms with Gasteiger partial charge in [-0.1, -0.05) is 30.3 Å². The van der Waals surface area contributed by atoms with Crippen molar-refractivity contribution < 1.29 is 38.5 Å². The van der Waals surface area contributed by atoms with Crippen molar-refractivity contribution in [2.75, 3.05) is 6.54 Å². The number of amides is 1. The zero-order valence-electron chi connectivity index (χ0n) is 15.7. The zero-order chi connectivity index (χ0) is 21.9. The minimum Gasteiger partial charge on any atom is -0.489 e. The number of hydrogen-bond donors (Lipinski definition) is 5. The van der Waals surface area contributed by atoms with Crippen molar-refractivity contribution in [3.8, 4) is 5.75 Å². The third-order valence-electron chi connectivity index (χ3n) is 4.80. The molecule has 1 heterocycles. The number of benzene rings is 2. The number of nitrogens with one attached hydrogen (secondary N) is 1. The molecule has 0 bridgehead atoms. The highest BCUT2D eigenvalue weighted by Crippen LogP contribution is 2.28. The summed E-state index contributed by atoms with van der Waals surface area (Å²) in [6.45, 7) is -0.362. The molecule has 10 nitrogen and oxygen atoms in total. The van der Waals surface area contributed by atoms with Crippen LogP contribution in [0.3, 0.4) is 0 Å². The first-order chi connectivity index (χ1) is 14.3. The van der Waals surface area contributed by atoms with Crippen LogP contribution in [-0.4, -0.2) is 70.1 Å². The molecule has 0 spiro atoms. The maximum absolute atomic E-state index is 13.0. The first-order valence-corrected chi connectivity index (χ1v) is 10.5. The Morgan fingerprint density at radius 1 is 1.03 bits per heavy atom. The lowest BCUT2D eigenvalue weighted by molar-refractivity contribution is -0.154. The number of ether oxygens (including phenoxy) is 1. The Labute approximate surface area is 173 Å². The number of sulfonamides is 1. The van der Waals surface area contributed by atoms with Gasteiger partial charge in [-0.15, -0.1) is 0 Å². The summed E-state index contributed by atoms with van der Waals surface area (Å²) in [5.74, 6) is -0.823. The number of β-amino-alcohol motifs (C(OH)–C–C–N with tert-alkyl or cyclic N) is 1. The van der Waals surface area contributed by atoms with Crippen LogP contribution in [-0.2, 0) is 21.4 Å². The largest absolute Gasteiger partial charge is 0.489 e. The smallest absolute Gasteiger partial charge is 0.264 e. The van der Waals surface area contributed by atoms with Crippen molar-refractivity contribution in [3.05, 3.63) is 60.2 Å². The molecule has 162 valence electrons. The average molecular weight is 438 g/mol. The lowest BCUT2D eigenvalue weighted by Gasteiger charge is -2.41. The van der Waals surface area contributed by atoms with Gasteiger partial charge in [-0.05, 0) is 29.8 Å². The van der Waals surface area contributed by atoms with Crippen molar-refractivity contribution in [3.63, 3.8) is 0 Å². The van der Waals surface area contributed by atoms with Crippen molar-refractivity contribution in [2.45, 2.75) is 35.9 Å². The highest BCUT2D eigenvalue weighted by Gasteiger charge is 2.50. The number of rotatable bonds is 6. The van der Waals surface area contributed by atoms with Gasteiger partial charge in [-0.3, -0.25) is 10.0 Å². The van der Waals surface area contributed by atoms with E-state index in [1.807, 2.05) is 30.3 Å². The van der Waals surface area contributed by atoms with Crippen LogP contribution >= 0.6 is 0 Å². The van der Waals surface area contributed by atoms with Crippen molar-refractivity contribution in [1.82, 2.24) is 9.79 Å². The third kappa shape index (κ3) is 4.46. The Bertz CT molecular complexity index is 968. The molecule has 1 aliphatic rings. The summed E-state index contributed by atoms with van der Waals surface area (Å²) < 4.78 is 32.2. The van der Waals surface area contributed by atoms with E-state index in [2.05, 4.69) is 0 Å². The number of carbonyl (C=O) groups excluding carboxylic acids is 1. The molecule has 1 saturated heterocycles. The lowest BCUT2D eigenvalue weighted by Crippen LogP contribution is -2.66. The van der Waals surface area contributed by atoms with E-state index in [9.17, 15) is 28.5 Å². The lowest BCUT2D eigenvalue weighted by atomic mass is 9.96.